The second kappa shape index (κ2) is 10.5. The van der Waals surface area contributed by atoms with Crippen LogP contribution in [0.15, 0.2) is 29.3 Å². The van der Waals surface area contributed by atoms with Crippen molar-refractivity contribution in [3.8, 4) is 5.75 Å². The van der Waals surface area contributed by atoms with Gasteiger partial charge in [0.25, 0.3) is 0 Å². The van der Waals surface area contributed by atoms with Gasteiger partial charge in [0.15, 0.2) is 5.96 Å². The molecule has 1 amide bonds. The van der Waals surface area contributed by atoms with Gasteiger partial charge in [0.2, 0.25) is 0 Å². The molecule has 0 bridgehead atoms. The van der Waals surface area contributed by atoms with Crippen molar-refractivity contribution in [1.29, 1.82) is 0 Å². The van der Waals surface area contributed by atoms with E-state index in [0.29, 0.717) is 38.9 Å². The Morgan fingerprint density at radius 2 is 2.04 bits per heavy atom. The third kappa shape index (κ3) is 6.13. The van der Waals surface area contributed by atoms with E-state index in [1.807, 2.05) is 32.0 Å². The Bertz CT molecular complexity index is 598. The zero-order chi connectivity index (χ0) is 18.8. The molecule has 1 aromatic rings. The number of benzene rings is 1. The van der Waals surface area contributed by atoms with E-state index in [0.717, 1.165) is 30.1 Å². The number of amides is 1. The van der Waals surface area contributed by atoms with Gasteiger partial charge < -0.3 is 25.0 Å². The lowest BCUT2D eigenvalue weighted by atomic mass is 10.1. The third-order valence-electron chi connectivity index (χ3n) is 4.25. The Labute approximate surface area is 155 Å². The standard InChI is InChI=1S/C19H30N4O3/c1-4-25-17-8-6-7-15(13-17)14-21-18(20-3)22-16-9-11-23(12-10-16)19(24)26-5-2/h6-8,13,16H,4-5,9-12,14H2,1-3H3,(H2,20,21,22). The SMILES string of the molecule is CCOC(=O)N1CCC(NC(=NC)NCc2cccc(OCC)c2)CC1. The number of rotatable bonds is 6. The van der Waals surface area contributed by atoms with Gasteiger partial charge in [-0.3, -0.25) is 4.99 Å². The quantitative estimate of drug-likeness (QED) is 0.600. The number of carbonyl (C=O) groups excluding carboxylic acids is 1. The number of guanidine groups is 1. The topological polar surface area (TPSA) is 75.2 Å². The van der Waals surface area contributed by atoms with Gasteiger partial charge in [0.05, 0.1) is 13.2 Å². The molecule has 2 rings (SSSR count). The number of ether oxygens (including phenoxy) is 2. The zero-order valence-corrected chi connectivity index (χ0v) is 16.0. The number of hydrogen-bond donors (Lipinski definition) is 2. The van der Waals surface area contributed by atoms with E-state index in [1.54, 1.807) is 11.9 Å². The van der Waals surface area contributed by atoms with E-state index in [4.69, 9.17) is 9.47 Å². The molecule has 0 atom stereocenters. The molecule has 1 aliphatic heterocycles. The summed E-state index contributed by atoms with van der Waals surface area (Å²) in [7, 11) is 1.76. The van der Waals surface area contributed by atoms with Crippen molar-refractivity contribution in [2.24, 2.45) is 4.99 Å². The molecule has 0 saturated carbocycles. The van der Waals surface area contributed by atoms with Crippen LogP contribution >= 0.6 is 0 Å². The molecule has 1 aliphatic rings. The monoisotopic (exact) mass is 362 g/mol. The lowest BCUT2D eigenvalue weighted by molar-refractivity contribution is 0.0963. The van der Waals surface area contributed by atoms with E-state index < -0.39 is 0 Å². The van der Waals surface area contributed by atoms with E-state index in [9.17, 15) is 4.79 Å². The first-order valence-corrected chi connectivity index (χ1v) is 9.26. The Balaban J connectivity index is 1.78. The molecule has 7 nitrogen and oxygen atoms in total. The van der Waals surface area contributed by atoms with Crippen molar-refractivity contribution < 1.29 is 14.3 Å². The summed E-state index contributed by atoms with van der Waals surface area (Å²) in [6, 6.07) is 8.32. The van der Waals surface area contributed by atoms with Crippen molar-refractivity contribution in [3.63, 3.8) is 0 Å². The largest absolute Gasteiger partial charge is 0.494 e. The van der Waals surface area contributed by atoms with Crippen LogP contribution in [0.5, 0.6) is 5.75 Å². The van der Waals surface area contributed by atoms with Crippen LogP contribution in [0.2, 0.25) is 0 Å². The number of carbonyl (C=O) groups is 1. The van der Waals surface area contributed by atoms with Gasteiger partial charge in [-0.05, 0) is 44.4 Å². The maximum atomic E-state index is 11.8. The first-order chi connectivity index (χ1) is 12.7. The summed E-state index contributed by atoms with van der Waals surface area (Å²) in [6.07, 6.45) is 1.53. The Morgan fingerprint density at radius 3 is 2.69 bits per heavy atom. The highest BCUT2D eigenvalue weighted by Crippen LogP contribution is 2.14. The third-order valence-corrected chi connectivity index (χ3v) is 4.25. The van der Waals surface area contributed by atoms with E-state index in [2.05, 4.69) is 21.7 Å². The van der Waals surface area contributed by atoms with Crippen LogP contribution in [0.1, 0.15) is 32.3 Å². The lowest BCUT2D eigenvalue weighted by Gasteiger charge is -2.32. The molecule has 0 radical (unpaired) electrons. The van der Waals surface area contributed by atoms with Crippen LogP contribution in [0.4, 0.5) is 4.79 Å². The molecule has 0 aromatic heterocycles. The summed E-state index contributed by atoms with van der Waals surface area (Å²) in [6.45, 7) is 6.94. The van der Waals surface area contributed by atoms with Gasteiger partial charge in [0, 0.05) is 32.7 Å². The van der Waals surface area contributed by atoms with Gasteiger partial charge in [-0.2, -0.15) is 0 Å². The summed E-state index contributed by atoms with van der Waals surface area (Å²) in [5.74, 6) is 1.64. The summed E-state index contributed by atoms with van der Waals surface area (Å²) in [5.41, 5.74) is 1.14. The molecular weight excluding hydrogens is 332 g/mol. The Kier molecular flexibility index (Phi) is 8.05. The average Bonchev–Trinajstić information content (AvgIpc) is 2.66. The highest BCUT2D eigenvalue weighted by Gasteiger charge is 2.23. The van der Waals surface area contributed by atoms with Gasteiger partial charge in [-0.15, -0.1) is 0 Å². The minimum Gasteiger partial charge on any atom is -0.494 e. The first-order valence-electron chi connectivity index (χ1n) is 9.26. The van der Waals surface area contributed by atoms with Crippen LogP contribution in [0, 0.1) is 0 Å². The van der Waals surface area contributed by atoms with E-state index in [-0.39, 0.29) is 6.09 Å². The van der Waals surface area contributed by atoms with Gasteiger partial charge in [-0.1, -0.05) is 12.1 Å². The van der Waals surface area contributed by atoms with Crippen LogP contribution in [-0.2, 0) is 11.3 Å². The summed E-state index contributed by atoms with van der Waals surface area (Å²) < 4.78 is 10.6. The van der Waals surface area contributed by atoms with Crippen molar-refractivity contribution in [2.45, 2.75) is 39.3 Å². The molecular formula is C19H30N4O3. The van der Waals surface area contributed by atoms with Gasteiger partial charge in [0.1, 0.15) is 5.75 Å². The molecule has 1 aromatic carbocycles. The molecule has 7 heteroatoms. The smallest absolute Gasteiger partial charge is 0.409 e. The Morgan fingerprint density at radius 1 is 1.27 bits per heavy atom. The highest BCUT2D eigenvalue weighted by molar-refractivity contribution is 5.80. The summed E-state index contributed by atoms with van der Waals surface area (Å²) >= 11 is 0. The molecule has 1 fully saturated rings. The fourth-order valence-electron chi connectivity index (χ4n) is 2.91. The van der Waals surface area contributed by atoms with Crippen molar-refractivity contribution in [3.05, 3.63) is 29.8 Å². The Hall–Kier alpha value is -2.44. The maximum absolute atomic E-state index is 11.8. The van der Waals surface area contributed by atoms with Crippen LogP contribution < -0.4 is 15.4 Å². The number of aliphatic imine (C=N–C) groups is 1. The molecule has 144 valence electrons. The fraction of sp³-hybridized carbons (Fsp3) is 0.579. The highest BCUT2D eigenvalue weighted by atomic mass is 16.6. The molecule has 2 N–H and O–H groups in total. The van der Waals surface area contributed by atoms with Crippen molar-refractivity contribution in [1.82, 2.24) is 15.5 Å². The second-order valence-corrected chi connectivity index (χ2v) is 6.11. The molecule has 1 saturated heterocycles. The number of nitrogens with zero attached hydrogens (tertiary/aromatic N) is 2. The molecule has 0 aliphatic carbocycles. The van der Waals surface area contributed by atoms with Crippen molar-refractivity contribution in [2.75, 3.05) is 33.4 Å². The second-order valence-electron chi connectivity index (χ2n) is 6.11. The van der Waals surface area contributed by atoms with E-state index in [1.165, 1.54) is 0 Å². The van der Waals surface area contributed by atoms with Gasteiger partial charge >= 0.3 is 6.09 Å². The van der Waals surface area contributed by atoms with Crippen LogP contribution in [0.25, 0.3) is 0 Å². The summed E-state index contributed by atoms with van der Waals surface area (Å²) in [5, 5.41) is 6.77. The van der Waals surface area contributed by atoms with Gasteiger partial charge in [-0.25, -0.2) is 4.79 Å². The molecule has 0 spiro atoms. The maximum Gasteiger partial charge on any atom is 0.409 e. The number of nitrogens with one attached hydrogen (secondary N) is 2. The predicted molar refractivity (Wildman–Crippen MR) is 103 cm³/mol. The van der Waals surface area contributed by atoms with Crippen LogP contribution in [-0.4, -0.2) is 56.3 Å². The molecule has 1 heterocycles. The fourth-order valence-corrected chi connectivity index (χ4v) is 2.91. The number of likely N-dealkylation sites (tertiary alicyclic amines) is 1. The first kappa shape index (κ1) is 19.9. The molecule has 26 heavy (non-hydrogen) atoms. The number of piperidine rings is 1. The predicted octanol–water partition coefficient (Wildman–Crippen LogP) is 2.37. The molecule has 0 unspecified atom stereocenters. The zero-order valence-electron chi connectivity index (χ0n) is 16.0. The summed E-state index contributed by atoms with van der Waals surface area (Å²) in [4.78, 5) is 17.8. The van der Waals surface area contributed by atoms with E-state index >= 15 is 0 Å². The minimum absolute atomic E-state index is 0.220. The van der Waals surface area contributed by atoms with Crippen molar-refractivity contribution >= 4 is 12.1 Å². The lowest BCUT2D eigenvalue weighted by Crippen LogP contribution is -2.49. The normalized spacial score (nSPS) is 15.5. The van der Waals surface area contributed by atoms with Crippen LogP contribution in [0.3, 0.4) is 0 Å². The minimum atomic E-state index is -0.220. The number of hydrogen-bond acceptors (Lipinski definition) is 4. The average molecular weight is 362 g/mol.